The number of hydrogen-bond donors (Lipinski definition) is 4. The number of fused-ring (bicyclic) bond motifs is 1. The molecule has 23 nitrogen and oxygen atoms in total. The number of likely N-dealkylation sites (N-methyl/N-ethyl adjacent to an activating group) is 2. The van der Waals surface area contributed by atoms with Gasteiger partial charge in [0.2, 0.25) is 0 Å². The van der Waals surface area contributed by atoms with Crippen molar-refractivity contribution < 1.29 is 111 Å². The fourth-order valence-corrected chi connectivity index (χ4v) is 13.6. The number of quaternary nitrogens is 2. The fraction of sp³-hybridized carbons (Fsp3) is 0.447. The molecule has 0 radical (unpaired) electrons. The average molecular weight is 1660 g/mol. The maximum Gasteiger partial charge on any atom is 0.430 e. The van der Waals surface area contributed by atoms with E-state index in [2.05, 4.69) is 165 Å². The molecule has 4 amide bonds. The summed E-state index contributed by atoms with van der Waals surface area (Å²) in [6.07, 6.45) is -8.41. The van der Waals surface area contributed by atoms with E-state index in [1.165, 1.54) is 32.1 Å². The van der Waals surface area contributed by atoms with E-state index in [1.54, 1.807) is 0 Å². The van der Waals surface area contributed by atoms with Gasteiger partial charge in [0, 0.05) is 117 Å². The number of carboxylic acid groups (broad SMARTS) is 3. The van der Waals surface area contributed by atoms with Crippen molar-refractivity contribution in [3.63, 3.8) is 0 Å². The molecule has 0 saturated carbocycles. The van der Waals surface area contributed by atoms with Gasteiger partial charge in [-0.3, -0.25) is 24.1 Å². The first-order chi connectivity index (χ1) is 52.9. The van der Waals surface area contributed by atoms with E-state index in [0.29, 0.717) is 77.4 Å². The Bertz CT molecular complexity index is 3880. The Morgan fingerprint density at radius 1 is 0.554 bits per heavy atom. The van der Waals surface area contributed by atoms with Crippen molar-refractivity contribution in [2.24, 2.45) is 0 Å². The number of anilines is 4. The summed E-state index contributed by atoms with van der Waals surface area (Å²) in [6, 6.07) is 43.6. The molecule has 614 valence electrons. The second kappa shape index (κ2) is 45.5. The predicted molar refractivity (Wildman–Crippen MR) is 407 cm³/mol. The molecule has 0 fully saturated rings. The van der Waals surface area contributed by atoms with Crippen LogP contribution in [-0.2, 0) is 46.5 Å². The summed E-state index contributed by atoms with van der Waals surface area (Å²) >= 11 is 19.8. The van der Waals surface area contributed by atoms with Gasteiger partial charge in [0.05, 0.1) is 65.1 Å². The number of aliphatic carboxylic acids is 3. The van der Waals surface area contributed by atoms with E-state index in [-0.39, 0.29) is 69.6 Å². The Morgan fingerprint density at radius 2 is 0.982 bits per heavy atom. The number of aryl methyl sites for hydroxylation is 1. The maximum atomic E-state index is 13.5. The van der Waals surface area contributed by atoms with Crippen LogP contribution in [0.2, 0.25) is 0 Å². The number of carboxylic acids is 3. The van der Waals surface area contributed by atoms with Gasteiger partial charge in [0.25, 0.3) is 29.4 Å². The van der Waals surface area contributed by atoms with Crippen LogP contribution in [-0.4, -0.2) is 226 Å². The van der Waals surface area contributed by atoms with Crippen molar-refractivity contribution >= 4 is 128 Å². The number of hydrogen-bond acceptors (Lipinski definition) is 17. The summed E-state index contributed by atoms with van der Waals surface area (Å²) in [6.45, 7) is 11.0. The van der Waals surface area contributed by atoms with Crippen LogP contribution in [0.3, 0.4) is 0 Å². The highest BCUT2D eigenvalue weighted by Gasteiger charge is 2.34. The van der Waals surface area contributed by atoms with Crippen LogP contribution in [0.4, 0.5) is 62.4 Å². The number of aromatic nitrogens is 1. The third kappa shape index (κ3) is 32.5. The Labute approximate surface area is 663 Å². The second-order valence-electron chi connectivity index (χ2n) is 26.8. The van der Waals surface area contributed by atoms with E-state index >= 15 is 0 Å². The van der Waals surface area contributed by atoms with E-state index in [1.807, 2.05) is 60.3 Å². The molecule has 0 atom stereocenters. The maximum absolute atomic E-state index is 13.5. The number of rotatable bonds is 38. The SMILES string of the molecule is CCCN(CCCl)c1ccc(OCC(=O)NCCNC(=O)C[N+](C)(C)CCCN(CCC[N+](C)(C)CC(=O)NCCNC(=O)COc2ccc(N(CCCl)CCCl)cc2)c2cc(C=C3Sc4cccc5c4N3CCC5)c3ccccc3[n+]2Cc2ccccc2)cc1.O=C([O-])C(F)(F)F.O=C([O-])C(F)(F)F.O=C([O-])C(F)(F)F. The number of halogens is 12. The lowest BCUT2D eigenvalue weighted by molar-refractivity contribution is -0.882. The largest absolute Gasteiger partial charge is 0.542 e. The van der Waals surface area contributed by atoms with Gasteiger partial charge < -0.3 is 84.1 Å². The molecule has 6 aromatic rings. The van der Waals surface area contributed by atoms with Crippen molar-refractivity contribution in [1.29, 1.82) is 0 Å². The lowest BCUT2D eigenvalue weighted by Gasteiger charge is -2.31. The number of nitrogens with zero attached hydrogens (tertiary/aromatic N) is 7. The lowest BCUT2D eigenvalue weighted by Crippen LogP contribution is -2.51. The van der Waals surface area contributed by atoms with Crippen LogP contribution in [0.15, 0.2) is 137 Å². The van der Waals surface area contributed by atoms with Crippen molar-refractivity contribution in [1.82, 2.24) is 21.3 Å². The number of amides is 4. The number of pyridine rings is 1. The first-order valence-corrected chi connectivity index (χ1v) is 38.0. The van der Waals surface area contributed by atoms with Crippen LogP contribution < -0.4 is 70.2 Å². The fourth-order valence-electron chi connectivity index (χ4n) is 11.8. The Kier molecular flexibility index (Phi) is 38.0. The minimum atomic E-state index is -5.19. The molecule has 0 aliphatic carbocycles. The van der Waals surface area contributed by atoms with Gasteiger partial charge in [-0.15, -0.1) is 34.8 Å². The minimum Gasteiger partial charge on any atom is -0.542 e. The van der Waals surface area contributed by atoms with Gasteiger partial charge in [0.15, 0.2) is 26.3 Å². The third-order valence-corrected chi connectivity index (χ3v) is 18.6. The van der Waals surface area contributed by atoms with Gasteiger partial charge in [-0.2, -0.15) is 39.5 Å². The molecule has 8 rings (SSSR count). The summed E-state index contributed by atoms with van der Waals surface area (Å²) in [7, 11) is 8.35. The molecule has 0 bridgehead atoms. The van der Waals surface area contributed by atoms with E-state index in [4.69, 9.17) is 74.0 Å². The molecule has 1 aromatic heterocycles. The highest BCUT2D eigenvalue weighted by Crippen LogP contribution is 2.50. The normalized spacial score (nSPS) is 12.8. The zero-order valence-corrected chi connectivity index (χ0v) is 65.6. The number of carbonyl (C=O) groups is 7. The number of carbonyl (C=O) groups excluding carboxylic acids is 7. The quantitative estimate of drug-likeness (QED) is 0.00996. The van der Waals surface area contributed by atoms with E-state index in [9.17, 15) is 58.7 Å². The molecule has 36 heteroatoms. The Morgan fingerprint density at radius 3 is 1.42 bits per heavy atom. The number of ether oxygens (including phenoxy) is 2. The van der Waals surface area contributed by atoms with Crippen molar-refractivity contribution in [3.8, 4) is 11.5 Å². The van der Waals surface area contributed by atoms with Crippen LogP contribution in [0.25, 0.3) is 17.0 Å². The first kappa shape index (κ1) is 93.4. The number of alkyl halides is 12. The summed E-state index contributed by atoms with van der Waals surface area (Å²) < 4.78 is 110. The predicted octanol–water partition coefficient (Wildman–Crippen LogP) is 7.03. The number of para-hydroxylation sites is 2. The standard InChI is InChI=1S/C70H90Cl3N11O6S.3C2HF3O2/c1-6-38-78(42-31-71)57-23-27-59(28-24-57)89-52-66(87)76-36-34-74-64(85)50-83(2,3)45-14-39-80(40-15-46-84(4,5)51-65(86)75-35-37-77-67(88)53-90-60-29-25-58(26-30-60)79(43-32-72)44-33-73)68-47-56(48-69-81-41-13-19-55-18-12-22-63(91-69)70(55)81)61-20-10-11-21-62(61)82(68)49-54-16-8-7-9-17-54;3*3-2(4,5)1(6)7/h7-12,16-18,20-30,47-48H,6,13-15,19,31-46,49-53H2,1-5H3,(H-3,74,75,76,77,85,86,87,88);3*(H,6,7). The molecule has 0 saturated heterocycles. The summed E-state index contributed by atoms with van der Waals surface area (Å²) in [5, 5.41) is 40.5. The van der Waals surface area contributed by atoms with Crippen LogP contribution in [0.1, 0.15) is 49.3 Å². The van der Waals surface area contributed by atoms with Gasteiger partial charge in [-0.1, -0.05) is 79.3 Å². The highest BCUT2D eigenvalue weighted by molar-refractivity contribution is 8.03. The topological polar surface area (TPSA) is 272 Å². The summed E-state index contributed by atoms with van der Waals surface area (Å²) in [4.78, 5) is 89.5. The minimum absolute atomic E-state index is 0.0917. The molecular weight excluding hydrogens is 1570 g/mol. The molecule has 112 heavy (non-hydrogen) atoms. The molecular formula is C76H93Cl3F9N11O12S. The van der Waals surface area contributed by atoms with Crippen LogP contribution in [0.5, 0.6) is 11.5 Å². The molecule has 5 aromatic carbocycles. The Balaban J connectivity index is 0.000000935. The van der Waals surface area contributed by atoms with Gasteiger partial charge in [0.1, 0.15) is 41.5 Å². The molecule has 3 heterocycles. The van der Waals surface area contributed by atoms with Gasteiger partial charge in [-0.05, 0) is 103 Å². The van der Waals surface area contributed by atoms with Crippen LogP contribution >= 0.6 is 46.6 Å². The highest BCUT2D eigenvalue weighted by atomic mass is 35.5. The van der Waals surface area contributed by atoms with Gasteiger partial charge >= 0.3 is 18.5 Å². The van der Waals surface area contributed by atoms with Crippen molar-refractivity contribution in [2.75, 3.05) is 177 Å². The first-order valence-electron chi connectivity index (χ1n) is 35.6. The molecule has 4 N–H and O–H groups in total. The number of nitrogens with one attached hydrogen (secondary N) is 4. The number of benzene rings is 5. The summed E-state index contributed by atoms with van der Waals surface area (Å²) in [5.74, 6) is -5.98. The molecule has 2 aliphatic heterocycles. The van der Waals surface area contributed by atoms with Crippen molar-refractivity contribution in [2.45, 2.75) is 69.0 Å². The van der Waals surface area contributed by atoms with E-state index in [0.717, 1.165) is 93.1 Å². The molecule has 0 spiro atoms. The van der Waals surface area contributed by atoms with Crippen molar-refractivity contribution in [3.05, 3.63) is 149 Å². The second-order valence-corrected chi connectivity index (χ2v) is 29.0. The average Bonchev–Trinajstić information content (AvgIpc) is 1.31. The zero-order chi connectivity index (χ0) is 82.8. The Hall–Kier alpha value is -9.15. The van der Waals surface area contributed by atoms with E-state index < -0.39 is 36.4 Å². The monoisotopic (exact) mass is 1660 g/mol. The smallest absolute Gasteiger partial charge is 0.430 e. The summed E-state index contributed by atoms with van der Waals surface area (Å²) in [5.41, 5.74) is 8.26. The zero-order valence-electron chi connectivity index (χ0n) is 62.6. The van der Waals surface area contributed by atoms with Crippen LogP contribution in [0, 0.1) is 0 Å². The third-order valence-electron chi connectivity index (χ3n) is 17.0. The number of thioether (sulfide) groups is 1. The molecule has 2 aliphatic rings. The molecule has 0 unspecified atom stereocenters. The van der Waals surface area contributed by atoms with Gasteiger partial charge in [-0.25, -0.2) is 4.57 Å². The lowest BCUT2D eigenvalue weighted by atomic mass is 10.0.